The number of hydrogen-bond donors (Lipinski definition) is 2. The quantitative estimate of drug-likeness (QED) is 0.806. The van der Waals surface area contributed by atoms with Gasteiger partial charge < -0.3 is 10.2 Å². The molecular weight excluding hydrogens is 363 g/mol. The summed E-state index contributed by atoms with van der Waals surface area (Å²) in [6.07, 6.45) is -2.81. The van der Waals surface area contributed by atoms with Crippen LogP contribution < -0.4 is 15.5 Å². The Balaban J connectivity index is 1.78. The van der Waals surface area contributed by atoms with E-state index in [2.05, 4.69) is 15.6 Å². The van der Waals surface area contributed by atoms with Gasteiger partial charge in [-0.3, -0.25) is 15.0 Å². The molecule has 1 saturated heterocycles. The van der Waals surface area contributed by atoms with Crippen molar-refractivity contribution in [2.24, 2.45) is 0 Å². The molecule has 2 rings (SSSR count). The van der Waals surface area contributed by atoms with Gasteiger partial charge in [0, 0.05) is 38.4 Å². The molecule has 1 unspecified atom stereocenters. The summed E-state index contributed by atoms with van der Waals surface area (Å²) in [4.78, 5) is 31.2. The van der Waals surface area contributed by atoms with E-state index in [-0.39, 0.29) is 12.6 Å². The van der Waals surface area contributed by atoms with Crippen molar-refractivity contribution >= 4 is 17.8 Å². The van der Waals surface area contributed by atoms with Crippen molar-refractivity contribution in [1.82, 2.24) is 20.5 Å². The fourth-order valence-corrected chi connectivity index (χ4v) is 2.61. The Labute approximate surface area is 155 Å². The van der Waals surface area contributed by atoms with Crippen LogP contribution in [0.4, 0.5) is 23.8 Å². The number of nitrogens with zero attached hydrogens (tertiary/aromatic N) is 3. The van der Waals surface area contributed by atoms with Gasteiger partial charge in [0.1, 0.15) is 5.82 Å². The third kappa shape index (κ3) is 6.38. The Hall–Kier alpha value is -2.36. The van der Waals surface area contributed by atoms with E-state index in [1.807, 2.05) is 23.6 Å². The summed E-state index contributed by atoms with van der Waals surface area (Å²) >= 11 is 0. The van der Waals surface area contributed by atoms with Gasteiger partial charge in [0.2, 0.25) is 5.91 Å². The number of piperazine rings is 1. The van der Waals surface area contributed by atoms with Crippen LogP contribution in [0.2, 0.25) is 0 Å². The van der Waals surface area contributed by atoms with E-state index in [1.165, 1.54) is 6.07 Å². The van der Waals surface area contributed by atoms with Gasteiger partial charge in [0.05, 0.1) is 12.1 Å². The van der Waals surface area contributed by atoms with Crippen molar-refractivity contribution in [1.29, 1.82) is 0 Å². The minimum atomic E-state index is -4.40. The monoisotopic (exact) mass is 387 g/mol. The highest BCUT2D eigenvalue weighted by molar-refractivity contribution is 5.95. The van der Waals surface area contributed by atoms with Crippen LogP contribution in [-0.4, -0.2) is 60.6 Å². The second kappa shape index (κ2) is 9.03. The Kier molecular flexibility index (Phi) is 7.00. The molecule has 7 nitrogen and oxygen atoms in total. The number of nitrogens with one attached hydrogen (secondary N) is 2. The molecule has 2 N–H and O–H groups in total. The van der Waals surface area contributed by atoms with Crippen molar-refractivity contribution in [3.05, 3.63) is 23.9 Å². The predicted molar refractivity (Wildman–Crippen MR) is 94.3 cm³/mol. The Morgan fingerprint density at radius 1 is 1.22 bits per heavy atom. The van der Waals surface area contributed by atoms with Gasteiger partial charge in [-0.15, -0.1) is 0 Å². The molecule has 1 aromatic heterocycles. The number of imide groups is 1. The Morgan fingerprint density at radius 3 is 2.41 bits per heavy atom. The van der Waals surface area contributed by atoms with Gasteiger partial charge in [-0.1, -0.05) is 6.92 Å². The van der Waals surface area contributed by atoms with E-state index in [9.17, 15) is 22.8 Å². The molecule has 0 spiro atoms. The van der Waals surface area contributed by atoms with Crippen LogP contribution in [0.5, 0.6) is 0 Å². The first kappa shape index (κ1) is 20.9. The molecule has 0 radical (unpaired) electrons. The maximum Gasteiger partial charge on any atom is 0.417 e. The lowest BCUT2D eigenvalue weighted by atomic mass is 10.2. The van der Waals surface area contributed by atoms with Gasteiger partial charge in [-0.05, 0) is 25.5 Å². The molecule has 1 aromatic rings. The highest BCUT2D eigenvalue weighted by Crippen LogP contribution is 2.29. The molecule has 150 valence electrons. The second-order valence-electron chi connectivity index (χ2n) is 6.50. The average Bonchev–Trinajstić information content (AvgIpc) is 2.61. The SMILES string of the molecule is CCC(C)NC(=O)NC(=O)CN1CCN(c2ccc(C(F)(F)F)cn2)CC1. The summed E-state index contributed by atoms with van der Waals surface area (Å²) in [5.41, 5.74) is -0.780. The van der Waals surface area contributed by atoms with Crippen molar-refractivity contribution in [3.8, 4) is 0 Å². The van der Waals surface area contributed by atoms with E-state index in [4.69, 9.17) is 0 Å². The number of aromatic nitrogens is 1. The summed E-state index contributed by atoms with van der Waals surface area (Å²) in [6.45, 7) is 6.01. The standard InChI is InChI=1S/C17H24F3N5O2/c1-3-12(2)22-16(27)23-15(26)11-24-6-8-25(9-7-24)14-5-4-13(10-21-14)17(18,19)20/h4-5,10,12H,3,6-9,11H2,1-2H3,(H2,22,23,26,27). The summed E-state index contributed by atoms with van der Waals surface area (Å²) in [7, 11) is 0. The average molecular weight is 387 g/mol. The van der Waals surface area contributed by atoms with Gasteiger partial charge in [0.25, 0.3) is 0 Å². The first-order valence-electron chi connectivity index (χ1n) is 8.80. The van der Waals surface area contributed by atoms with Crippen molar-refractivity contribution < 1.29 is 22.8 Å². The van der Waals surface area contributed by atoms with Crippen LogP contribution in [0.15, 0.2) is 18.3 Å². The zero-order valence-corrected chi connectivity index (χ0v) is 15.3. The van der Waals surface area contributed by atoms with Crippen molar-refractivity contribution in [2.75, 3.05) is 37.6 Å². The lowest BCUT2D eigenvalue weighted by Crippen LogP contribution is -2.51. The van der Waals surface area contributed by atoms with Crippen LogP contribution in [0.3, 0.4) is 0 Å². The Bertz CT molecular complexity index is 643. The van der Waals surface area contributed by atoms with Crippen molar-refractivity contribution in [3.63, 3.8) is 0 Å². The zero-order chi connectivity index (χ0) is 20.0. The molecule has 10 heteroatoms. The van der Waals surface area contributed by atoms with Gasteiger partial charge in [0.15, 0.2) is 0 Å². The molecule has 1 aliphatic heterocycles. The van der Waals surface area contributed by atoms with Crippen LogP contribution in [0.25, 0.3) is 0 Å². The zero-order valence-electron chi connectivity index (χ0n) is 15.3. The highest BCUT2D eigenvalue weighted by atomic mass is 19.4. The molecule has 2 heterocycles. The molecule has 0 aliphatic carbocycles. The number of hydrogen-bond acceptors (Lipinski definition) is 5. The normalized spacial score (nSPS) is 16.7. The van der Waals surface area contributed by atoms with E-state index < -0.39 is 23.7 Å². The lowest BCUT2D eigenvalue weighted by Gasteiger charge is -2.35. The number of amides is 3. The van der Waals surface area contributed by atoms with Gasteiger partial charge in [-0.2, -0.15) is 13.2 Å². The fraction of sp³-hybridized carbons (Fsp3) is 0.588. The largest absolute Gasteiger partial charge is 0.417 e. The fourth-order valence-electron chi connectivity index (χ4n) is 2.61. The first-order valence-corrected chi connectivity index (χ1v) is 8.80. The lowest BCUT2D eigenvalue weighted by molar-refractivity contribution is -0.137. The number of halogens is 3. The maximum absolute atomic E-state index is 12.6. The highest BCUT2D eigenvalue weighted by Gasteiger charge is 2.31. The summed E-state index contributed by atoms with van der Waals surface area (Å²) in [6, 6.07) is 1.84. The molecule has 0 bridgehead atoms. The molecule has 1 atom stereocenters. The number of carbonyl (C=O) groups is 2. The van der Waals surface area contributed by atoms with Crippen LogP contribution in [-0.2, 0) is 11.0 Å². The summed E-state index contributed by atoms with van der Waals surface area (Å²) in [5, 5.41) is 4.95. The number of carbonyl (C=O) groups excluding carboxylic acids is 2. The summed E-state index contributed by atoms with van der Waals surface area (Å²) in [5.74, 6) is 0.0805. The van der Waals surface area contributed by atoms with Gasteiger partial charge >= 0.3 is 12.2 Å². The van der Waals surface area contributed by atoms with Gasteiger partial charge in [-0.25, -0.2) is 9.78 Å². The van der Waals surface area contributed by atoms with E-state index in [0.717, 1.165) is 18.7 Å². The molecule has 1 fully saturated rings. The molecule has 0 aromatic carbocycles. The van der Waals surface area contributed by atoms with Crippen molar-refractivity contribution in [2.45, 2.75) is 32.5 Å². The van der Waals surface area contributed by atoms with E-state index in [1.54, 1.807) is 0 Å². The minimum absolute atomic E-state index is 0.0161. The predicted octanol–water partition coefficient (Wildman–Crippen LogP) is 1.85. The molecule has 3 amide bonds. The second-order valence-corrected chi connectivity index (χ2v) is 6.50. The van der Waals surface area contributed by atoms with E-state index >= 15 is 0 Å². The Morgan fingerprint density at radius 2 is 1.89 bits per heavy atom. The molecule has 1 aliphatic rings. The number of anilines is 1. The van der Waals surface area contributed by atoms with E-state index in [0.29, 0.717) is 32.0 Å². The molecular formula is C17H24F3N5O2. The first-order chi connectivity index (χ1) is 12.7. The topological polar surface area (TPSA) is 77.6 Å². The molecule has 27 heavy (non-hydrogen) atoms. The minimum Gasteiger partial charge on any atom is -0.354 e. The van der Waals surface area contributed by atoms with Crippen LogP contribution >= 0.6 is 0 Å². The smallest absolute Gasteiger partial charge is 0.354 e. The number of pyridine rings is 1. The number of alkyl halides is 3. The maximum atomic E-state index is 12.6. The van der Waals surface area contributed by atoms with Crippen LogP contribution in [0.1, 0.15) is 25.8 Å². The van der Waals surface area contributed by atoms with Crippen LogP contribution in [0, 0.1) is 0 Å². The number of urea groups is 1. The third-order valence-electron chi connectivity index (χ3n) is 4.38. The number of rotatable bonds is 5. The third-order valence-corrected chi connectivity index (χ3v) is 4.38. The molecule has 0 saturated carbocycles. The summed E-state index contributed by atoms with van der Waals surface area (Å²) < 4.78 is 37.8.